The van der Waals surface area contributed by atoms with Crippen LogP contribution in [0.2, 0.25) is 0 Å². The highest BCUT2D eigenvalue weighted by molar-refractivity contribution is 5.94. The van der Waals surface area contributed by atoms with Gasteiger partial charge in [-0.15, -0.1) is 0 Å². The predicted molar refractivity (Wildman–Crippen MR) is 84.7 cm³/mol. The maximum Gasteiger partial charge on any atom is 0.310 e. The number of nitrogens with one attached hydrogen (secondary N) is 1. The number of aliphatic carboxylic acids is 1. The molecule has 1 aliphatic heterocycles. The zero-order chi connectivity index (χ0) is 16.9. The second kappa shape index (κ2) is 7.46. The summed E-state index contributed by atoms with van der Waals surface area (Å²) < 4.78 is 11.1. The quantitative estimate of drug-likeness (QED) is 0.838. The van der Waals surface area contributed by atoms with E-state index in [4.69, 9.17) is 14.6 Å². The van der Waals surface area contributed by atoms with E-state index in [0.717, 1.165) is 18.6 Å². The Morgan fingerprint density at radius 3 is 2.43 bits per heavy atom. The van der Waals surface area contributed by atoms with E-state index in [9.17, 15) is 9.59 Å². The first-order valence-electron chi connectivity index (χ1n) is 7.74. The van der Waals surface area contributed by atoms with Crippen molar-refractivity contribution in [1.82, 2.24) is 5.32 Å². The molecule has 126 valence electrons. The highest BCUT2D eigenvalue weighted by Gasteiger charge is 2.27. The van der Waals surface area contributed by atoms with Crippen LogP contribution in [0.15, 0.2) is 24.3 Å². The van der Waals surface area contributed by atoms with Crippen molar-refractivity contribution in [1.29, 1.82) is 0 Å². The van der Waals surface area contributed by atoms with Crippen molar-refractivity contribution in [3.63, 3.8) is 0 Å². The lowest BCUT2D eigenvalue weighted by atomic mass is 9.94. The van der Waals surface area contributed by atoms with Crippen LogP contribution in [0.25, 0.3) is 0 Å². The smallest absolute Gasteiger partial charge is 0.310 e. The van der Waals surface area contributed by atoms with E-state index in [-0.39, 0.29) is 18.6 Å². The van der Waals surface area contributed by atoms with E-state index in [1.54, 1.807) is 38.1 Å². The molecule has 1 amide bonds. The molecule has 0 aliphatic carbocycles. The monoisotopic (exact) mass is 321 g/mol. The van der Waals surface area contributed by atoms with Crippen LogP contribution in [0, 0.1) is 5.41 Å². The largest absolute Gasteiger partial charge is 0.490 e. The molecule has 0 aromatic heterocycles. The Morgan fingerprint density at radius 2 is 1.87 bits per heavy atom. The van der Waals surface area contributed by atoms with Gasteiger partial charge in [0.15, 0.2) is 0 Å². The van der Waals surface area contributed by atoms with Crippen LogP contribution >= 0.6 is 0 Å². The van der Waals surface area contributed by atoms with Gasteiger partial charge in [0.05, 0.1) is 18.6 Å². The van der Waals surface area contributed by atoms with Gasteiger partial charge in [-0.1, -0.05) is 0 Å². The topological polar surface area (TPSA) is 84.9 Å². The van der Waals surface area contributed by atoms with E-state index in [2.05, 4.69) is 5.32 Å². The second-order valence-corrected chi connectivity index (χ2v) is 6.33. The Morgan fingerprint density at radius 1 is 1.26 bits per heavy atom. The first-order chi connectivity index (χ1) is 10.9. The Balaban J connectivity index is 1.88. The van der Waals surface area contributed by atoms with Gasteiger partial charge >= 0.3 is 5.97 Å². The summed E-state index contributed by atoms with van der Waals surface area (Å²) >= 11 is 0. The number of carboxylic acid groups (broad SMARTS) is 1. The average Bonchev–Trinajstić information content (AvgIpc) is 2.54. The van der Waals surface area contributed by atoms with Gasteiger partial charge < -0.3 is 19.9 Å². The number of carboxylic acids is 1. The number of ether oxygens (including phenoxy) is 2. The van der Waals surface area contributed by atoms with E-state index in [1.807, 2.05) is 0 Å². The molecule has 6 nitrogen and oxygen atoms in total. The van der Waals surface area contributed by atoms with Crippen molar-refractivity contribution in [3.05, 3.63) is 29.8 Å². The third kappa shape index (κ3) is 4.96. The molecule has 0 spiro atoms. The maximum absolute atomic E-state index is 12.1. The Labute approximate surface area is 135 Å². The maximum atomic E-state index is 12.1. The fourth-order valence-corrected chi connectivity index (χ4v) is 2.15. The molecule has 1 saturated heterocycles. The Bertz CT molecular complexity index is 547. The minimum atomic E-state index is -0.998. The zero-order valence-electron chi connectivity index (χ0n) is 13.5. The predicted octanol–water partition coefficient (Wildman–Crippen LogP) is 2.08. The van der Waals surface area contributed by atoms with Crippen LogP contribution < -0.4 is 10.1 Å². The molecule has 0 saturated carbocycles. The van der Waals surface area contributed by atoms with Crippen molar-refractivity contribution >= 4 is 11.9 Å². The standard InChI is InChI=1S/C17H23NO5/c1-17(2,16(20)21)11-18-15(19)12-3-5-13(6-4-12)23-14-7-9-22-10-8-14/h3-6,14H,7-11H2,1-2H3,(H,18,19)(H,20,21). The summed E-state index contributed by atoms with van der Waals surface area (Å²) in [6.45, 7) is 4.64. The summed E-state index contributed by atoms with van der Waals surface area (Å²) in [5, 5.41) is 11.7. The van der Waals surface area contributed by atoms with Crippen molar-refractivity contribution in [2.45, 2.75) is 32.8 Å². The molecule has 1 aromatic rings. The highest BCUT2D eigenvalue weighted by Crippen LogP contribution is 2.19. The van der Waals surface area contributed by atoms with Crippen molar-refractivity contribution in [2.24, 2.45) is 5.41 Å². The summed E-state index contributed by atoms with van der Waals surface area (Å²) in [4.78, 5) is 23.1. The number of amides is 1. The second-order valence-electron chi connectivity index (χ2n) is 6.33. The highest BCUT2D eigenvalue weighted by atomic mass is 16.5. The number of hydrogen-bond donors (Lipinski definition) is 2. The molecule has 0 atom stereocenters. The lowest BCUT2D eigenvalue weighted by Gasteiger charge is -2.23. The van der Waals surface area contributed by atoms with Gasteiger partial charge in [-0.25, -0.2) is 0 Å². The summed E-state index contributed by atoms with van der Waals surface area (Å²) in [6.07, 6.45) is 1.89. The third-order valence-electron chi connectivity index (χ3n) is 3.86. The number of benzene rings is 1. The van der Waals surface area contributed by atoms with Crippen molar-refractivity contribution in [3.8, 4) is 5.75 Å². The van der Waals surface area contributed by atoms with Crippen molar-refractivity contribution in [2.75, 3.05) is 19.8 Å². The van der Waals surface area contributed by atoms with Crippen LogP contribution in [0.4, 0.5) is 0 Å². The molecule has 1 fully saturated rings. The number of hydrogen-bond acceptors (Lipinski definition) is 4. The van der Waals surface area contributed by atoms with Crippen LogP contribution in [0.3, 0.4) is 0 Å². The lowest BCUT2D eigenvalue weighted by Crippen LogP contribution is -2.38. The minimum absolute atomic E-state index is 0.0709. The first kappa shape index (κ1) is 17.3. The van der Waals surface area contributed by atoms with Gasteiger partial charge in [-0.05, 0) is 38.1 Å². The number of carbonyl (C=O) groups excluding carboxylic acids is 1. The molecule has 1 heterocycles. The van der Waals surface area contributed by atoms with Gasteiger partial charge in [0, 0.05) is 24.9 Å². The summed E-state index contributed by atoms with van der Waals surface area (Å²) in [5.74, 6) is -0.519. The molecule has 6 heteroatoms. The fraction of sp³-hybridized carbons (Fsp3) is 0.529. The Kier molecular flexibility index (Phi) is 5.60. The van der Waals surface area contributed by atoms with Gasteiger partial charge in [-0.2, -0.15) is 0 Å². The summed E-state index contributed by atoms with van der Waals surface area (Å²) in [7, 11) is 0. The molecule has 1 aromatic carbocycles. The lowest BCUT2D eigenvalue weighted by molar-refractivity contribution is -0.146. The van der Waals surface area contributed by atoms with Crippen LogP contribution in [0.1, 0.15) is 37.0 Å². The molecular weight excluding hydrogens is 298 g/mol. The third-order valence-corrected chi connectivity index (χ3v) is 3.86. The van der Waals surface area contributed by atoms with E-state index >= 15 is 0 Å². The minimum Gasteiger partial charge on any atom is -0.490 e. The molecular formula is C17H23NO5. The molecule has 2 rings (SSSR count). The first-order valence-corrected chi connectivity index (χ1v) is 7.74. The van der Waals surface area contributed by atoms with E-state index in [0.29, 0.717) is 18.8 Å². The van der Waals surface area contributed by atoms with Crippen molar-refractivity contribution < 1.29 is 24.2 Å². The van der Waals surface area contributed by atoms with Gasteiger partial charge in [0.2, 0.25) is 0 Å². The summed E-state index contributed by atoms with van der Waals surface area (Å²) in [6, 6.07) is 6.87. The number of rotatable bonds is 6. The van der Waals surface area contributed by atoms with E-state index < -0.39 is 11.4 Å². The fourth-order valence-electron chi connectivity index (χ4n) is 2.15. The molecule has 23 heavy (non-hydrogen) atoms. The molecule has 0 unspecified atom stereocenters. The SMILES string of the molecule is CC(C)(CNC(=O)c1ccc(OC2CCOCC2)cc1)C(=O)O. The van der Waals surface area contributed by atoms with E-state index in [1.165, 1.54) is 0 Å². The Hall–Kier alpha value is -2.08. The zero-order valence-corrected chi connectivity index (χ0v) is 13.5. The normalized spacial score (nSPS) is 15.9. The molecule has 2 N–H and O–H groups in total. The van der Waals surface area contributed by atoms with Crippen LogP contribution in [-0.4, -0.2) is 42.8 Å². The van der Waals surface area contributed by atoms with Crippen LogP contribution in [-0.2, 0) is 9.53 Å². The molecule has 1 aliphatic rings. The van der Waals surface area contributed by atoms with Gasteiger partial charge in [-0.3, -0.25) is 9.59 Å². The molecule has 0 radical (unpaired) electrons. The van der Waals surface area contributed by atoms with Gasteiger partial charge in [0.1, 0.15) is 11.9 Å². The summed E-state index contributed by atoms with van der Waals surface area (Å²) in [5.41, 5.74) is -0.521. The molecule has 0 bridgehead atoms. The number of carbonyl (C=O) groups is 2. The van der Waals surface area contributed by atoms with Crippen LogP contribution in [0.5, 0.6) is 5.75 Å². The van der Waals surface area contributed by atoms with Gasteiger partial charge in [0.25, 0.3) is 5.91 Å². The average molecular weight is 321 g/mol.